The van der Waals surface area contributed by atoms with Gasteiger partial charge in [0.25, 0.3) is 0 Å². The summed E-state index contributed by atoms with van der Waals surface area (Å²) in [5.74, 6) is -1.24. The van der Waals surface area contributed by atoms with Crippen molar-refractivity contribution in [2.24, 2.45) is 0 Å². The van der Waals surface area contributed by atoms with Gasteiger partial charge in [-0.1, -0.05) is 25.0 Å². The van der Waals surface area contributed by atoms with E-state index in [4.69, 9.17) is 0 Å². The van der Waals surface area contributed by atoms with Crippen LogP contribution in [0.3, 0.4) is 0 Å². The maximum absolute atomic E-state index is 13.4. The van der Waals surface area contributed by atoms with Crippen LogP contribution in [0.2, 0.25) is 0 Å². The Morgan fingerprint density at radius 1 is 1.19 bits per heavy atom. The third-order valence-corrected chi connectivity index (χ3v) is 3.90. The molecule has 21 heavy (non-hydrogen) atoms. The third kappa shape index (κ3) is 4.36. The fraction of sp³-hybridized carbons (Fsp3) is 0.500. The van der Waals surface area contributed by atoms with Crippen LogP contribution >= 0.6 is 0 Å². The highest BCUT2D eigenvalue weighted by atomic mass is 19.1. The Balaban J connectivity index is 1.76. The number of aliphatic hydroxyl groups is 1. The molecule has 1 fully saturated rings. The molecule has 1 aromatic rings. The maximum atomic E-state index is 13.4. The minimum atomic E-state index is -0.800. The zero-order valence-corrected chi connectivity index (χ0v) is 11.9. The van der Waals surface area contributed by atoms with Gasteiger partial charge in [0.2, 0.25) is 5.91 Å². The molecule has 0 saturated heterocycles. The van der Waals surface area contributed by atoms with Crippen LogP contribution in [0.5, 0.6) is 0 Å². The number of ketones is 1. The number of halogens is 1. The summed E-state index contributed by atoms with van der Waals surface area (Å²) in [6.45, 7) is 0.222. The average molecular weight is 293 g/mol. The molecule has 0 heterocycles. The zero-order valence-electron chi connectivity index (χ0n) is 11.9. The molecule has 0 atom stereocenters. The van der Waals surface area contributed by atoms with Crippen LogP contribution in [0.25, 0.3) is 0 Å². The lowest BCUT2D eigenvalue weighted by atomic mass is 10.0. The first kappa shape index (κ1) is 15.6. The molecule has 2 rings (SSSR count). The highest BCUT2D eigenvalue weighted by Crippen LogP contribution is 2.28. The van der Waals surface area contributed by atoms with E-state index < -0.39 is 11.4 Å². The molecule has 0 aliphatic heterocycles. The number of carbonyl (C=O) groups excluding carboxylic acids is 2. The van der Waals surface area contributed by atoms with Crippen LogP contribution in [0.4, 0.5) is 4.39 Å². The van der Waals surface area contributed by atoms with Gasteiger partial charge in [-0.2, -0.15) is 0 Å². The summed E-state index contributed by atoms with van der Waals surface area (Å²) in [5, 5.41) is 12.8. The van der Waals surface area contributed by atoms with Gasteiger partial charge >= 0.3 is 0 Å². The predicted molar refractivity (Wildman–Crippen MR) is 76.4 cm³/mol. The molecule has 2 N–H and O–H groups in total. The molecule has 0 radical (unpaired) electrons. The standard InChI is InChI=1S/C16H20FNO3/c17-13-6-2-1-5-12(13)14(19)7-8-15(20)18-11-16(21)9-3-4-10-16/h1-2,5-6,21H,3-4,7-11H2,(H,18,20). The van der Waals surface area contributed by atoms with E-state index in [9.17, 15) is 19.1 Å². The predicted octanol–water partition coefficient (Wildman–Crippen LogP) is 2.21. The molecule has 0 aromatic heterocycles. The highest BCUT2D eigenvalue weighted by molar-refractivity contribution is 5.98. The molecule has 1 aromatic carbocycles. The van der Waals surface area contributed by atoms with Crippen molar-refractivity contribution in [2.75, 3.05) is 6.54 Å². The number of amides is 1. The minimum Gasteiger partial charge on any atom is -0.388 e. The molecule has 1 aliphatic rings. The van der Waals surface area contributed by atoms with Gasteiger partial charge in [0, 0.05) is 19.4 Å². The van der Waals surface area contributed by atoms with E-state index in [0.717, 1.165) is 12.8 Å². The van der Waals surface area contributed by atoms with Crippen LogP contribution in [0.15, 0.2) is 24.3 Å². The Kier molecular flexibility index (Phi) is 5.07. The molecule has 0 bridgehead atoms. The SMILES string of the molecule is O=C(CCC(=O)c1ccccc1F)NCC1(O)CCCC1. The molecule has 0 spiro atoms. The number of nitrogens with one attached hydrogen (secondary N) is 1. The molecule has 5 heteroatoms. The van der Waals surface area contributed by atoms with Gasteiger partial charge < -0.3 is 10.4 Å². The maximum Gasteiger partial charge on any atom is 0.220 e. The second-order valence-electron chi connectivity index (χ2n) is 5.61. The van der Waals surface area contributed by atoms with Crippen molar-refractivity contribution in [3.05, 3.63) is 35.6 Å². The van der Waals surface area contributed by atoms with E-state index in [0.29, 0.717) is 12.8 Å². The van der Waals surface area contributed by atoms with E-state index in [1.807, 2.05) is 0 Å². The van der Waals surface area contributed by atoms with Gasteiger partial charge in [-0.3, -0.25) is 9.59 Å². The van der Waals surface area contributed by atoms with Crippen molar-refractivity contribution in [1.29, 1.82) is 0 Å². The number of hydrogen-bond acceptors (Lipinski definition) is 3. The Hall–Kier alpha value is -1.75. The second kappa shape index (κ2) is 6.80. The van der Waals surface area contributed by atoms with Crippen LogP contribution in [-0.2, 0) is 4.79 Å². The Morgan fingerprint density at radius 3 is 2.52 bits per heavy atom. The van der Waals surface area contributed by atoms with Crippen molar-refractivity contribution in [1.82, 2.24) is 5.32 Å². The quantitative estimate of drug-likeness (QED) is 0.790. The summed E-state index contributed by atoms with van der Waals surface area (Å²) >= 11 is 0. The summed E-state index contributed by atoms with van der Waals surface area (Å²) in [7, 11) is 0. The van der Waals surface area contributed by atoms with Crippen LogP contribution in [-0.4, -0.2) is 28.9 Å². The lowest BCUT2D eigenvalue weighted by Gasteiger charge is -2.22. The fourth-order valence-corrected chi connectivity index (χ4v) is 2.61. The van der Waals surface area contributed by atoms with Gasteiger partial charge in [-0.05, 0) is 25.0 Å². The van der Waals surface area contributed by atoms with E-state index >= 15 is 0 Å². The van der Waals surface area contributed by atoms with Crippen LogP contribution in [0, 0.1) is 5.82 Å². The first-order valence-electron chi connectivity index (χ1n) is 7.27. The van der Waals surface area contributed by atoms with Crippen molar-refractivity contribution in [3.63, 3.8) is 0 Å². The van der Waals surface area contributed by atoms with E-state index in [2.05, 4.69) is 5.32 Å². The number of Topliss-reactive ketones (excluding diaryl/α,β-unsaturated/α-hetero) is 1. The molecule has 0 unspecified atom stereocenters. The van der Waals surface area contributed by atoms with Gasteiger partial charge in [0.1, 0.15) is 5.82 Å². The fourth-order valence-electron chi connectivity index (χ4n) is 2.61. The Labute approximate surface area is 123 Å². The third-order valence-electron chi connectivity index (χ3n) is 3.90. The van der Waals surface area contributed by atoms with Crippen molar-refractivity contribution >= 4 is 11.7 Å². The lowest BCUT2D eigenvalue weighted by molar-refractivity contribution is -0.122. The zero-order chi connectivity index (χ0) is 15.3. The van der Waals surface area contributed by atoms with Gasteiger partial charge in [0.05, 0.1) is 11.2 Å². The minimum absolute atomic E-state index is 0.00322. The van der Waals surface area contributed by atoms with Gasteiger partial charge in [-0.25, -0.2) is 4.39 Å². The summed E-state index contributed by atoms with van der Waals surface area (Å²) in [6.07, 6.45) is 3.30. The van der Waals surface area contributed by atoms with E-state index in [1.165, 1.54) is 18.2 Å². The summed E-state index contributed by atoms with van der Waals surface area (Å²) in [5.41, 5.74) is -0.787. The molecular weight excluding hydrogens is 273 g/mol. The molecule has 114 valence electrons. The first-order chi connectivity index (χ1) is 10.0. The lowest BCUT2D eigenvalue weighted by Crippen LogP contribution is -2.40. The molecular formula is C16H20FNO3. The molecule has 1 saturated carbocycles. The van der Waals surface area contributed by atoms with Crippen molar-refractivity contribution in [2.45, 2.75) is 44.1 Å². The van der Waals surface area contributed by atoms with Crippen LogP contribution < -0.4 is 5.32 Å². The number of hydrogen-bond donors (Lipinski definition) is 2. The van der Waals surface area contributed by atoms with E-state index in [-0.39, 0.29) is 36.6 Å². The monoisotopic (exact) mass is 293 g/mol. The van der Waals surface area contributed by atoms with Crippen molar-refractivity contribution in [3.8, 4) is 0 Å². The average Bonchev–Trinajstić information content (AvgIpc) is 2.90. The normalized spacial score (nSPS) is 16.7. The van der Waals surface area contributed by atoms with Gasteiger partial charge in [0.15, 0.2) is 5.78 Å². The number of benzene rings is 1. The van der Waals surface area contributed by atoms with Crippen LogP contribution in [0.1, 0.15) is 48.9 Å². The summed E-state index contributed by atoms with van der Waals surface area (Å²) in [4.78, 5) is 23.5. The Bertz CT molecular complexity index is 524. The molecule has 1 amide bonds. The topological polar surface area (TPSA) is 66.4 Å². The van der Waals surface area contributed by atoms with Crippen molar-refractivity contribution < 1.29 is 19.1 Å². The van der Waals surface area contributed by atoms with E-state index in [1.54, 1.807) is 6.07 Å². The second-order valence-corrected chi connectivity index (χ2v) is 5.61. The first-order valence-corrected chi connectivity index (χ1v) is 7.27. The Morgan fingerprint density at radius 2 is 1.86 bits per heavy atom. The van der Waals surface area contributed by atoms with Gasteiger partial charge in [-0.15, -0.1) is 0 Å². The number of carbonyl (C=O) groups is 2. The largest absolute Gasteiger partial charge is 0.388 e. The smallest absolute Gasteiger partial charge is 0.220 e. The summed E-state index contributed by atoms with van der Waals surface area (Å²) in [6, 6.07) is 5.74. The molecule has 4 nitrogen and oxygen atoms in total. The number of rotatable bonds is 6. The molecule has 1 aliphatic carbocycles. The summed E-state index contributed by atoms with van der Waals surface area (Å²) < 4.78 is 13.4. The highest BCUT2D eigenvalue weighted by Gasteiger charge is 2.31.